The molecule has 20 heavy (non-hydrogen) atoms. The molecular weight excluding hydrogens is 317 g/mol. The van der Waals surface area contributed by atoms with Crippen LogP contribution < -0.4 is 5.32 Å². The molecule has 2 aromatic rings. The molecule has 0 fully saturated rings. The molecule has 0 bridgehead atoms. The van der Waals surface area contributed by atoms with Gasteiger partial charge in [-0.25, -0.2) is 4.39 Å². The van der Waals surface area contributed by atoms with Crippen LogP contribution in [0.5, 0.6) is 0 Å². The summed E-state index contributed by atoms with van der Waals surface area (Å²) in [5, 5.41) is 3.31. The van der Waals surface area contributed by atoms with Crippen LogP contribution in [0.25, 0.3) is 0 Å². The Kier molecular flexibility index (Phi) is 3.90. The number of rotatable bonds is 3. The lowest BCUT2D eigenvalue weighted by Gasteiger charge is -2.25. The number of likely N-dealkylation sites (N-methyl/N-ethyl adjacent to an activating group) is 1. The Morgan fingerprint density at radius 2 is 2.00 bits per heavy atom. The molecule has 0 aromatic heterocycles. The van der Waals surface area contributed by atoms with Crippen LogP contribution in [0.2, 0.25) is 0 Å². The van der Waals surface area contributed by atoms with E-state index in [2.05, 4.69) is 45.5 Å². The van der Waals surface area contributed by atoms with Crippen LogP contribution in [0.4, 0.5) is 4.39 Å². The molecule has 2 atom stereocenters. The maximum Gasteiger partial charge on any atom is 0.142 e. The fourth-order valence-corrected chi connectivity index (χ4v) is 3.65. The summed E-state index contributed by atoms with van der Waals surface area (Å²) in [5.41, 5.74) is 3.49. The number of hydrogen-bond acceptors (Lipinski definition) is 1. The van der Waals surface area contributed by atoms with Crippen molar-refractivity contribution in [3.05, 3.63) is 69.4 Å². The van der Waals surface area contributed by atoms with E-state index in [0.717, 1.165) is 18.4 Å². The molecule has 0 amide bonds. The van der Waals surface area contributed by atoms with Crippen LogP contribution in [-0.2, 0) is 6.42 Å². The quantitative estimate of drug-likeness (QED) is 0.866. The second kappa shape index (κ2) is 5.66. The van der Waals surface area contributed by atoms with Gasteiger partial charge < -0.3 is 5.32 Å². The largest absolute Gasteiger partial charge is 0.312 e. The minimum atomic E-state index is -0.156. The minimum absolute atomic E-state index is 0.0103. The number of hydrogen-bond donors (Lipinski definition) is 1. The maximum atomic E-state index is 14.4. The van der Waals surface area contributed by atoms with Crippen LogP contribution in [0.3, 0.4) is 0 Å². The molecule has 0 saturated carbocycles. The molecule has 0 radical (unpaired) electrons. The van der Waals surface area contributed by atoms with E-state index in [0.29, 0.717) is 10.4 Å². The smallest absolute Gasteiger partial charge is 0.142 e. The van der Waals surface area contributed by atoms with Crippen LogP contribution in [0.1, 0.15) is 35.1 Å². The van der Waals surface area contributed by atoms with Crippen LogP contribution in [0.15, 0.2) is 46.9 Å². The molecule has 2 aromatic carbocycles. The first-order valence-corrected chi connectivity index (χ1v) is 7.70. The Morgan fingerprint density at radius 3 is 2.80 bits per heavy atom. The van der Waals surface area contributed by atoms with Gasteiger partial charge >= 0.3 is 0 Å². The molecular formula is C17H17BrFN. The Hall–Kier alpha value is -1.19. The molecule has 1 aliphatic rings. The van der Waals surface area contributed by atoms with E-state index in [1.807, 2.05) is 19.2 Å². The van der Waals surface area contributed by atoms with Gasteiger partial charge in [0.15, 0.2) is 0 Å². The molecule has 1 nitrogen and oxygen atoms in total. The molecule has 0 saturated heterocycles. The van der Waals surface area contributed by atoms with E-state index in [1.165, 1.54) is 11.1 Å². The first-order chi connectivity index (χ1) is 9.72. The lowest BCUT2D eigenvalue weighted by molar-refractivity contribution is 0.453. The zero-order valence-electron chi connectivity index (χ0n) is 11.4. The lowest BCUT2D eigenvalue weighted by atomic mass is 9.88. The second-order valence-electron chi connectivity index (χ2n) is 5.25. The Morgan fingerprint density at radius 1 is 1.20 bits per heavy atom. The minimum Gasteiger partial charge on any atom is -0.312 e. The molecule has 1 aliphatic carbocycles. The number of nitrogens with one attached hydrogen (secondary N) is 1. The van der Waals surface area contributed by atoms with E-state index in [4.69, 9.17) is 0 Å². The van der Waals surface area contributed by atoms with Crippen molar-refractivity contribution in [1.82, 2.24) is 5.32 Å². The maximum absolute atomic E-state index is 14.4. The molecule has 3 rings (SSSR count). The highest BCUT2D eigenvalue weighted by atomic mass is 79.9. The van der Waals surface area contributed by atoms with Crippen molar-refractivity contribution >= 4 is 15.9 Å². The monoisotopic (exact) mass is 333 g/mol. The Bertz CT molecular complexity index is 626. The first kappa shape index (κ1) is 13.8. The summed E-state index contributed by atoms with van der Waals surface area (Å²) in [6, 6.07) is 14.0. The number of aryl methyl sites for hydroxylation is 1. The van der Waals surface area contributed by atoms with Gasteiger partial charge in [0.1, 0.15) is 5.82 Å². The number of fused-ring (bicyclic) bond motifs is 1. The predicted octanol–water partition coefficient (Wildman–Crippen LogP) is 4.58. The zero-order valence-corrected chi connectivity index (χ0v) is 13.0. The highest BCUT2D eigenvalue weighted by molar-refractivity contribution is 9.10. The van der Waals surface area contributed by atoms with Crippen molar-refractivity contribution in [2.45, 2.75) is 24.8 Å². The summed E-state index contributed by atoms with van der Waals surface area (Å²) in [6.45, 7) is 0. The molecule has 1 N–H and O–H groups in total. The van der Waals surface area contributed by atoms with Crippen LogP contribution in [-0.4, -0.2) is 7.05 Å². The van der Waals surface area contributed by atoms with E-state index in [-0.39, 0.29) is 11.9 Å². The molecule has 0 heterocycles. The van der Waals surface area contributed by atoms with E-state index in [9.17, 15) is 4.39 Å². The van der Waals surface area contributed by atoms with Crippen molar-refractivity contribution in [2.75, 3.05) is 7.05 Å². The predicted molar refractivity (Wildman–Crippen MR) is 83.4 cm³/mol. The van der Waals surface area contributed by atoms with Crippen molar-refractivity contribution in [2.24, 2.45) is 0 Å². The zero-order chi connectivity index (χ0) is 14.1. The summed E-state index contributed by atoms with van der Waals surface area (Å²) in [5.74, 6) is 0.177. The van der Waals surface area contributed by atoms with Crippen LogP contribution >= 0.6 is 15.9 Å². The van der Waals surface area contributed by atoms with Gasteiger partial charge in [-0.2, -0.15) is 0 Å². The summed E-state index contributed by atoms with van der Waals surface area (Å²) >= 11 is 3.28. The summed E-state index contributed by atoms with van der Waals surface area (Å²) in [7, 11) is 1.91. The second-order valence-corrected chi connectivity index (χ2v) is 6.11. The fraction of sp³-hybridized carbons (Fsp3) is 0.294. The van der Waals surface area contributed by atoms with E-state index in [1.54, 1.807) is 6.07 Å². The summed E-state index contributed by atoms with van der Waals surface area (Å²) in [6.07, 6.45) is 2.14. The Labute approximate surface area is 127 Å². The molecule has 104 valence electrons. The van der Waals surface area contributed by atoms with Crippen LogP contribution in [0, 0.1) is 5.82 Å². The topological polar surface area (TPSA) is 12.0 Å². The van der Waals surface area contributed by atoms with Crippen molar-refractivity contribution < 1.29 is 4.39 Å². The van der Waals surface area contributed by atoms with Crippen molar-refractivity contribution in [3.63, 3.8) is 0 Å². The van der Waals surface area contributed by atoms with E-state index >= 15 is 0 Å². The van der Waals surface area contributed by atoms with Crippen molar-refractivity contribution in [3.8, 4) is 0 Å². The highest BCUT2D eigenvalue weighted by Gasteiger charge is 2.31. The van der Waals surface area contributed by atoms with Gasteiger partial charge in [-0.3, -0.25) is 0 Å². The number of benzene rings is 2. The van der Waals surface area contributed by atoms with Crippen molar-refractivity contribution in [1.29, 1.82) is 0 Å². The summed E-state index contributed by atoms with van der Waals surface area (Å²) < 4.78 is 14.9. The average molecular weight is 334 g/mol. The van der Waals surface area contributed by atoms with Gasteiger partial charge in [-0.05, 0) is 53.0 Å². The van der Waals surface area contributed by atoms with E-state index < -0.39 is 0 Å². The van der Waals surface area contributed by atoms with Gasteiger partial charge in [0, 0.05) is 17.5 Å². The molecule has 3 heteroatoms. The van der Waals surface area contributed by atoms with Gasteiger partial charge in [0.2, 0.25) is 0 Å². The summed E-state index contributed by atoms with van der Waals surface area (Å²) in [4.78, 5) is 0. The highest BCUT2D eigenvalue weighted by Crippen LogP contribution is 2.42. The normalized spacial score (nSPS) is 18.9. The fourth-order valence-electron chi connectivity index (χ4n) is 3.27. The third-order valence-electron chi connectivity index (χ3n) is 4.21. The molecule has 2 unspecified atom stereocenters. The van der Waals surface area contributed by atoms with Gasteiger partial charge in [-0.15, -0.1) is 0 Å². The SMILES string of the molecule is CNC(c1cccc(Br)c1F)C1CCc2ccccc21. The average Bonchev–Trinajstić information content (AvgIpc) is 2.88. The lowest BCUT2D eigenvalue weighted by Crippen LogP contribution is -2.23. The first-order valence-electron chi connectivity index (χ1n) is 6.91. The third-order valence-corrected chi connectivity index (χ3v) is 4.82. The Balaban J connectivity index is 2.02. The number of halogens is 2. The standard InChI is InChI=1S/C17H17BrFN/c1-20-17(14-7-4-8-15(18)16(14)19)13-10-9-11-5-2-3-6-12(11)13/h2-8,13,17,20H,9-10H2,1H3. The van der Waals surface area contributed by atoms with Gasteiger partial charge in [0.05, 0.1) is 4.47 Å². The molecule has 0 spiro atoms. The van der Waals surface area contributed by atoms with Gasteiger partial charge in [0.25, 0.3) is 0 Å². The van der Waals surface area contributed by atoms with Gasteiger partial charge in [-0.1, -0.05) is 36.4 Å². The third kappa shape index (κ3) is 2.29. The molecule has 0 aliphatic heterocycles.